The average molecular weight is 783 g/mol. The third kappa shape index (κ3) is 8.49. The largest absolute Gasteiger partial charge is 0.507 e. The van der Waals surface area contributed by atoms with Crippen LogP contribution in [-0.2, 0) is 0 Å². The summed E-state index contributed by atoms with van der Waals surface area (Å²) in [6.45, 7) is 0. The van der Waals surface area contributed by atoms with E-state index in [4.69, 9.17) is 20.0 Å². The van der Waals surface area contributed by atoms with Crippen LogP contribution in [0.25, 0.3) is 11.1 Å². The number of aliphatic imine (C=N–C) groups is 4. The van der Waals surface area contributed by atoms with Crippen molar-refractivity contribution >= 4 is 46.6 Å². The Morgan fingerprint density at radius 3 is 1.08 bits per heavy atom. The number of benzene rings is 8. The fraction of sp³-hybridized carbons (Fsp3) is 0. The number of nitrogens with zero attached hydrogens (tertiary/aromatic N) is 4. The Balaban J connectivity index is 1.11. The predicted octanol–water partition coefficient (Wildman–Crippen LogP) is 12.0. The van der Waals surface area contributed by atoms with Gasteiger partial charge in [-0.25, -0.2) is 9.98 Å². The second-order valence-corrected chi connectivity index (χ2v) is 13.7. The Morgan fingerprint density at radius 1 is 0.333 bits per heavy atom. The van der Waals surface area contributed by atoms with Crippen LogP contribution in [0.2, 0.25) is 0 Å². The molecule has 0 heterocycles. The molecule has 8 nitrogen and oxygen atoms in total. The van der Waals surface area contributed by atoms with Gasteiger partial charge in [0.25, 0.3) is 0 Å². The quantitative estimate of drug-likeness (QED) is 0.0973. The van der Waals surface area contributed by atoms with Gasteiger partial charge < -0.3 is 20.4 Å². The van der Waals surface area contributed by atoms with Gasteiger partial charge in [0, 0.05) is 56.9 Å². The summed E-state index contributed by atoms with van der Waals surface area (Å²) in [4.78, 5) is 19.5. The molecule has 4 N–H and O–H groups in total. The van der Waals surface area contributed by atoms with Crippen molar-refractivity contribution in [2.45, 2.75) is 0 Å². The minimum atomic E-state index is -0.0666. The first-order valence-corrected chi connectivity index (χ1v) is 19.2. The Morgan fingerprint density at radius 2 is 0.683 bits per heavy atom. The van der Waals surface area contributed by atoms with Crippen molar-refractivity contribution in [1.29, 1.82) is 0 Å². The highest BCUT2D eigenvalue weighted by Gasteiger charge is 2.16. The maximum atomic E-state index is 11.6. The Hall–Kier alpha value is -8.36. The highest BCUT2D eigenvalue weighted by atomic mass is 16.3. The lowest BCUT2D eigenvalue weighted by Gasteiger charge is -2.12. The van der Waals surface area contributed by atoms with E-state index in [9.17, 15) is 20.4 Å². The summed E-state index contributed by atoms with van der Waals surface area (Å²) in [5, 5.41) is 44.7. The number of rotatable bonds is 11. The molecule has 0 radical (unpaired) electrons. The van der Waals surface area contributed by atoms with Crippen LogP contribution in [0.3, 0.4) is 0 Å². The molecule has 8 heteroatoms. The number of hydrogen-bond acceptors (Lipinski definition) is 8. The van der Waals surface area contributed by atoms with Crippen molar-refractivity contribution in [3.63, 3.8) is 0 Å². The van der Waals surface area contributed by atoms with Crippen LogP contribution in [0.1, 0.15) is 33.4 Å². The number of phenolic OH excluding ortho intramolecular Hbond substituents is 4. The molecule has 290 valence electrons. The van der Waals surface area contributed by atoms with Gasteiger partial charge in [-0.1, -0.05) is 133 Å². The zero-order chi connectivity index (χ0) is 41.3. The fourth-order valence-electron chi connectivity index (χ4n) is 6.72. The molecule has 0 saturated carbocycles. The molecule has 0 spiro atoms. The number of hydrogen-bond donors (Lipinski definition) is 4. The van der Waals surface area contributed by atoms with E-state index >= 15 is 0 Å². The summed E-state index contributed by atoms with van der Waals surface area (Å²) in [5.74, 6) is 0.0864. The average Bonchev–Trinajstić information content (AvgIpc) is 3.29. The molecular formula is C52H38N4O4. The van der Waals surface area contributed by atoms with Crippen molar-refractivity contribution in [3.05, 3.63) is 228 Å². The number of phenols is 4. The Labute approximate surface area is 347 Å². The number of aromatic hydroxyl groups is 4. The van der Waals surface area contributed by atoms with Crippen molar-refractivity contribution in [2.24, 2.45) is 20.0 Å². The maximum absolute atomic E-state index is 11.6. The summed E-state index contributed by atoms with van der Waals surface area (Å²) in [6, 6.07) is 58.7. The lowest BCUT2D eigenvalue weighted by molar-refractivity contribution is 0.468. The third-order valence-electron chi connectivity index (χ3n) is 9.75. The Bertz CT molecular complexity index is 2720. The van der Waals surface area contributed by atoms with Gasteiger partial charge >= 0.3 is 0 Å². The van der Waals surface area contributed by atoms with Crippen molar-refractivity contribution in [1.82, 2.24) is 0 Å². The van der Waals surface area contributed by atoms with Crippen molar-refractivity contribution < 1.29 is 20.4 Å². The second-order valence-electron chi connectivity index (χ2n) is 13.7. The van der Waals surface area contributed by atoms with Gasteiger partial charge in [0.1, 0.15) is 23.0 Å². The van der Waals surface area contributed by atoms with Gasteiger partial charge in [-0.3, -0.25) is 9.98 Å². The first-order chi connectivity index (χ1) is 29.4. The van der Waals surface area contributed by atoms with Gasteiger partial charge in [0.15, 0.2) is 0 Å². The van der Waals surface area contributed by atoms with Crippen molar-refractivity contribution in [2.75, 3.05) is 0 Å². The summed E-state index contributed by atoms with van der Waals surface area (Å²) in [7, 11) is 0. The van der Waals surface area contributed by atoms with E-state index in [0.717, 1.165) is 11.1 Å². The van der Waals surface area contributed by atoms with E-state index in [1.165, 1.54) is 0 Å². The molecule has 60 heavy (non-hydrogen) atoms. The van der Waals surface area contributed by atoms with Gasteiger partial charge in [0.2, 0.25) is 0 Å². The van der Waals surface area contributed by atoms with Crippen LogP contribution in [0.4, 0.5) is 22.7 Å². The lowest BCUT2D eigenvalue weighted by Crippen LogP contribution is -2.03. The second kappa shape index (κ2) is 17.8. The normalized spacial score (nSPS) is 12.0. The number of para-hydroxylation sites is 8. The molecule has 0 aliphatic heterocycles. The van der Waals surface area contributed by atoms with E-state index < -0.39 is 0 Å². The molecular weight excluding hydrogens is 745 g/mol. The first kappa shape index (κ1) is 38.5. The Kier molecular flexibility index (Phi) is 11.4. The SMILES string of the molecule is Oc1ccccc1C(=Nc1ccccc1N=Cc1cccc(-c2cccc(C=Nc3ccccc3N=C(c3ccccc3)c3ccccc3O)c2O)c1O)c1ccccc1. The molecule has 0 amide bonds. The molecule has 0 aromatic heterocycles. The minimum absolute atomic E-state index is 0.0666. The van der Waals surface area contributed by atoms with E-state index in [-0.39, 0.29) is 23.0 Å². The zero-order valence-electron chi connectivity index (χ0n) is 32.2. The predicted molar refractivity (Wildman–Crippen MR) is 242 cm³/mol. The highest BCUT2D eigenvalue weighted by Crippen LogP contribution is 2.39. The third-order valence-corrected chi connectivity index (χ3v) is 9.75. The van der Waals surface area contributed by atoms with E-state index in [1.54, 1.807) is 73.1 Å². The summed E-state index contributed by atoms with van der Waals surface area (Å²) in [6.07, 6.45) is 3.13. The van der Waals surface area contributed by atoms with Crippen molar-refractivity contribution in [3.8, 4) is 34.1 Å². The van der Waals surface area contributed by atoms with E-state index in [2.05, 4.69) is 0 Å². The van der Waals surface area contributed by atoms with E-state index in [0.29, 0.717) is 67.6 Å². The van der Waals surface area contributed by atoms with Crippen LogP contribution in [0.15, 0.2) is 214 Å². The van der Waals surface area contributed by atoms with Crippen LogP contribution < -0.4 is 0 Å². The molecule has 8 aromatic carbocycles. The fourth-order valence-corrected chi connectivity index (χ4v) is 6.72. The molecule has 8 rings (SSSR count). The molecule has 0 aliphatic rings. The molecule has 0 bridgehead atoms. The lowest BCUT2D eigenvalue weighted by atomic mass is 9.98. The molecule has 0 saturated heterocycles. The molecule has 8 aromatic rings. The minimum Gasteiger partial charge on any atom is -0.507 e. The van der Waals surface area contributed by atoms with Gasteiger partial charge in [-0.05, 0) is 60.7 Å². The molecule has 0 fully saturated rings. The van der Waals surface area contributed by atoms with Gasteiger partial charge in [-0.2, -0.15) is 0 Å². The topological polar surface area (TPSA) is 130 Å². The molecule has 0 atom stereocenters. The molecule has 0 aliphatic carbocycles. The molecule has 0 unspecified atom stereocenters. The standard InChI is InChI=1S/C52H38N4O4/c57-47-31-13-7-23-41(47)49(35-17-3-1-4-18-35)55-45-29-11-9-27-43(45)53-33-37-21-15-25-39(51(37)59)40-26-16-22-38(52(40)60)34-54-44-28-10-12-30-46(44)56-50(36-19-5-2-6-20-36)42-24-8-14-32-48(42)58/h1-34,57-60H. The zero-order valence-corrected chi connectivity index (χ0v) is 32.2. The van der Waals surface area contributed by atoms with E-state index in [1.807, 2.05) is 133 Å². The summed E-state index contributed by atoms with van der Waals surface area (Å²) in [5.41, 5.74) is 7.90. The van der Waals surface area contributed by atoms with Gasteiger partial charge in [-0.15, -0.1) is 0 Å². The highest BCUT2D eigenvalue weighted by molar-refractivity contribution is 6.16. The van der Waals surface area contributed by atoms with Crippen LogP contribution in [0, 0.1) is 0 Å². The van der Waals surface area contributed by atoms with Gasteiger partial charge in [0.05, 0.1) is 34.2 Å². The first-order valence-electron chi connectivity index (χ1n) is 19.2. The maximum Gasteiger partial charge on any atom is 0.132 e. The van der Waals surface area contributed by atoms with Crippen LogP contribution in [-0.4, -0.2) is 44.3 Å². The summed E-state index contributed by atoms with van der Waals surface area (Å²) >= 11 is 0. The summed E-state index contributed by atoms with van der Waals surface area (Å²) < 4.78 is 0. The smallest absolute Gasteiger partial charge is 0.132 e. The monoisotopic (exact) mass is 782 g/mol. The van der Waals surface area contributed by atoms with Crippen LogP contribution in [0.5, 0.6) is 23.0 Å². The van der Waals surface area contributed by atoms with Crippen LogP contribution >= 0.6 is 0 Å².